The molecule has 1 aromatic heterocycles. The maximum Gasteiger partial charge on any atom is 0.337 e. The summed E-state index contributed by atoms with van der Waals surface area (Å²) in [6.07, 6.45) is 0.454. The maximum atomic E-state index is 10.4. The van der Waals surface area contributed by atoms with Crippen LogP contribution in [0.4, 0.5) is 5.00 Å². The number of carboxylic acids is 1. The van der Waals surface area contributed by atoms with Crippen LogP contribution in [0.2, 0.25) is 0 Å². The summed E-state index contributed by atoms with van der Waals surface area (Å²) in [6, 6.07) is 0. The minimum absolute atomic E-state index is 0.0255. The maximum absolute atomic E-state index is 10.4. The summed E-state index contributed by atoms with van der Waals surface area (Å²) >= 11 is 1.05. The van der Waals surface area contributed by atoms with E-state index in [1.54, 1.807) is 0 Å². The Labute approximate surface area is 66.3 Å². The van der Waals surface area contributed by atoms with E-state index >= 15 is 0 Å². The van der Waals surface area contributed by atoms with Gasteiger partial charge < -0.3 is 10.8 Å². The van der Waals surface area contributed by atoms with Crippen molar-refractivity contribution in [2.45, 2.75) is 0 Å². The van der Waals surface area contributed by atoms with Crippen LogP contribution in [0.25, 0.3) is 0 Å². The molecule has 0 radical (unpaired) electrons. The number of thiophene rings is 1. The normalized spacial score (nSPS) is 9.45. The SMILES string of the molecule is Nc1scc(C(=O)O)c1C=O. The van der Waals surface area contributed by atoms with E-state index in [2.05, 4.69) is 0 Å². The first-order valence-corrected chi connectivity index (χ1v) is 3.60. The Hall–Kier alpha value is -1.36. The molecule has 0 aliphatic carbocycles. The van der Waals surface area contributed by atoms with E-state index in [-0.39, 0.29) is 16.1 Å². The van der Waals surface area contributed by atoms with Crippen LogP contribution in [0.15, 0.2) is 5.38 Å². The van der Waals surface area contributed by atoms with Gasteiger partial charge in [-0.1, -0.05) is 0 Å². The molecule has 1 heterocycles. The van der Waals surface area contributed by atoms with Gasteiger partial charge in [0.25, 0.3) is 0 Å². The van der Waals surface area contributed by atoms with Crippen molar-refractivity contribution in [2.24, 2.45) is 0 Å². The zero-order valence-electron chi connectivity index (χ0n) is 5.40. The highest BCUT2D eigenvalue weighted by Gasteiger charge is 2.13. The smallest absolute Gasteiger partial charge is 0.337 e. The fourth-order valence-corrected chi connectivity index (χ4v) is 1.43. The highest BCUT2D eigenvalue weighted by Crippen LogP contribution is 2.22. The van der Waals surface area contributed by atoms with Gasteiger partial charge in [-0.3, -0.25) is 4.79 Å². The van der Waals surface area contributed by atoms with Gasteiger partial charge in [0.1, 0.15) is 0 Å². The second-order valence-electron chi connectivity index (χ2n) is 1.85. The van der Waals surface area contributed by atoms with Crippen molar-refractivity contribution in [3.8, 4) is 0 Å². The van der Waals surface area contributed by atoms with E-state index in [9.17, 15) is 9.59 Å². The quantitative estimate of drug-likeness (QED) is 0.646. The predicted octanol–water partition coefficient (Wildman–Crippen LogP) is 0.841. The third-order valence-corrected chi connectivity index (χ3v) is 2.04. The minimum Gasteiger partial charge on any atom is -0.478 e. The fraction of sp³-hybridized carbons (Fsp3) is 0. The molecule has 0 bridgehead atoms. The zero-order valence-corrected chi connectivity index (χ0v) is 6.22. The molecule has 5 heteroatoms. The molecule has 3 N–H and O–H groups in total. The number of carboxylic acid groups (broad SMARTS) is 1. The van der Waals surface area contributed by atoms with Crippen LogP contribution >= 0.6 is 11.3 Å². The van der Waals surface area contributed by atoms with Crippen LogP contribution < -0.4 is 5.73 Å². The number of hydrogen-bond donors (Lipinski definition) is 2. The summed E-state index contributed by atoms with van der Waals surface area (Å²) in [6.45, 7) is 0. The minimum atomic E-state index is -1.12. The zero-order chi connectivity index (χ0) is 8.43. The fourth-order valence-electron chi connectivity index (χ4n) is 0.669. The number of aldehydes is 1. The van der Waals surface area contributed by atoms with Gasteiger partial charge in [-0.2, -0.15) is 0 Å². The predicted molar refractivity (Wildman–Crippen MR) is 41.1 cm³/mol. The average Bonchev–Trinajstić information content (AvgIpc) is 2.30. The molecule has 1 rings (SSSR count). The van der Waals surface area contributed by atoms with Gasteiger partial charge in [-0.05, 0) is 0 Å². The van der Waals surface area contributed by atoms with E-state index in [0.717, 1.165) is 11.3 Å². The Balaban J connectivity index is 3.26. The second kappa shape index (κ2) is 2.71. The molecule has 0 aliphatic heterocycles. The van der Waals surface area contributed by atoms with Gasteiger partial charge in [0, 0.05) is 5.38 Å². The van der Waals surface area contributed by atoms with E-state index in [0.29, 0.717) is 6.29 Å². The number of carbonyl (C=O) groups is 2. The first-order valence-electron chi connectivity index (χ1n) is 2.72. The van der Waals surface area contributed by atoms with Crippen molar-refractivity contribution in [3.63, 3.8) is 0 Å². The van der Waals surface area contributed by atoms with E-state index in [1.165, 1.54) is 5.38 Å². The molecule has 11 heavy (non-hydrogen) atoms. The summed E-state index contributed by atoms with van der Waals surface area (Å²) in [5.74, 6) is -1.12. The monoisotopic (exact) mass is 171 g/mol. The van der Waals surface area contributed by atoms with Crippen molar-refractivity contribution in [1.82, 2.24) is 0 Å². The molecule has 0 saturated carbocycles. The van der Waals surface area contributed by atoms with Crippen LogP contribution in [0.3, 0.4) is 0 Å². The van der Waals surface area contributed by atoms with Gasteiger partial charge in [0.05, 0.1) is 16.1 Å². The van der Waals surface area contributed by atoms with Crippen molar-refractivity contribution in [2.75, 3.05) is 5.73 Å². The van der Waals surface area contributed by atoms with Gasteiger partial charge in [-0.15, -0.1) is 11.3 Å². The van der Waals surface area contributed by atoms with Gasteiger partial charge in [0.15, 0.2) is 6.29 Å². The molecular formula is C6H5NO3S. The number of nitrogens with two attached hydrogens (primary N) is 1. The van der Waals surface area contributed by atoms with Crippen LogP contribution in [-0.2, 0) is 0 Å². The van der Waals surface area contributed by atoms with Crippen LogP contribution in [-0.4, -0.2) is 17.4 Å². The third-order valence-electron chi connectivity index (χ3n) is 1.21. The topological polar surface area (TPSA) is 80.4 Å². The molecule has 1 aromatic rings. The number of hydrogen-bond acceptors (Lipinski definition) is 4. The molecule has 0 aliphatic rings. The Morgan fingerprint density at radius 2 is 2.36 bits per heavy atom. The Morgan fingerprint density at radius 3 is 2.73 bits per heavy atom. The third kappa shape index (κ3) is 1.22. The molecule has 0 aromatic carbocycles. The second-order valence-corrected chi connectivity index (χ2v) is 2.76. The van der Waals surface area contributed by atoms with Crippen LogP contribution in [0, 0.1) is 0 Å². The standard InChI is InChI=1S/C6H5NO3S/c7-5-3(1-8)4(2-11-5)6(9)10/h1-2H,7H2,(H,9,10). The van der Waals surface area contributed by atoms with Crippen LogP contribution in [0.5, 0.6) is 0 Å². The van der Waals surface area contributed by atoms with E-state index in [4.69, 9.17) is 10.8 Å². The molecule has 0 unspecified atom stereocenters. The lowest BCUT2D eigenvalue weighted by molar-refractivity contribution is 0.0694. The number of rotatable bonds is 2. The van der Waals surface area contributed by atoms with Gasteiger partial charge >= 0.3 is 5.97 Å². The molecule has 0 amide bonds. The lowest BCUT2D eigenvalue weighted by Crippen LogP contribution is -1.99. The summed E-state index contributed by atoms with van der Waals surface area (Å²) < 4.78 is 0. The van der Waals surface area contributed by atoms with Crippen molar-refractivity contribution >= 4 is 28.6 Å². The molecule has 0 saturated heterocycles. The van der Waals surface area contributed by atoms with Gasteiger partial charge in [-0.25, -0.2) is 4.79 Å². The number of aromatic carboxylic acids is 1. The van der Waals surface area contributed by atoms with E-state index in [1.807, 2.05) is 0 Å². The molecule has 0 spiro atoms. The molecule has 4 nitrogen and oxygen atoms in total. The van der Waals surface area contributed by atoms with Crippen LogP contribution in [0.1, 0.15) is 20.7 Å². The lowest BCUT2D eigenvalue weighted by Gasteiger charge is -1.89. The summed E-state index contributed by atoms with van der Waals surface area (Å²) in [4.78, 5) is 20.7. The average molecular weight is 171 g/mol. The number of carbonyl (C=O) groups excluding carboxylic acids is 1. The van der Waals surface area contributed by atoms with Crippen molar-refractivity contribution in [3.05, 3.63) is 16.5 Å². The lowest BCUT2D eigenvalue weighted by atomic mass is 10.2. The number of anilines is 1. The summed E-state index contributed by atoms with van der Waals surface area (Å²) in [5, 5.41) is 10.1. The van der Waals surface area contributed by atoms with Crippen molar-refractivity contribution in [1.29, 1.82) is 0 Å². The first-order chi connectivity index (χ1) is 5.16. The number of nitrogen functional groups attached to an aromatic ring is 1. The Morgan fingerprint density at radius 1 is 1.73 bits per heavy atom. The largest absolute Gasteiger partial charge is 0.478 e. The highest BCUT2D eigenvalue weighted by molar-refractivity contribution is 7.14. The molecule has 0 fully saturated rings. The van der Waals surface area contributed by atoms with E-state index < -0.39 is 5.97 Å². The Kier molecular flexibility index (Phi) is 1.91. The van der Waals surface area contributed by atoms with Gasteiger partial charge in [0.2, 0.25) is 0 Å². The molecular weight excluding hydrogens is 166 g/mol. The summed E-state index contributed by atoms with van der Waals surface area (Å²) in [5.41, 5.74) is 5.36. The van der Waals surface area contributed by atoms with Crippen molar-refractivity contribution < 1.29 is 14.7 Å². The molecule has 0 atom stereocenters. The highest BCUT2D eigenvalue weighted by atomic mass is 32.1. The summed E-state index contributed by atoms with van der Waals surface area (Å²) in [7, 11) is 0. The Bertz CT molecular complexity index is 305. The molecule has 58 valence electrons. The first kappa shape index (κ1) is 7.74.